The Morgan fingerprint density at radius 2 is 2.00 bits per heavy atom. The molecule has 6 nitrogen and oxygen atoms in total. The van der Waals surface area contributed by atoms with E-state index in [2.05, 4.69) is 9.82 Å². The lowest BCUT2D eigenvalue weighted by atomic mass is 10.1. The van der Waals surface area contributed by atoms with Crippen molar-refractivity contribution in [2.45, 2.75) is 11.1 Å². The fraction of sp³-hybridized carbons (Fsp3) is 0.250. The molecule has 1 atom stereocenters. The Kier molecular flexibility index (Phi) is 3.98. The average Bonchev–Trinajstić information content (AvgIpc) is 2.84. The number of aryl methyl sites for hydroxylation is 1. The van der Waals surface area contributed by atoms with E-state index in [4.69, 9.17) is 0 Å². The van der Waals surface area contributed by atoms with Crippen molar-refractivity contribution in [1.29, 1.82) is 0 Å². The first-order valence-electron chi connectivity index (χ1n) is 5.71. The van der Waals surface area contributed by atoms with E-state index in [1.165, 1.54) is 16.9 Å². The van der Waals surface area contributed by atoms with Crippen LogP contribution in [0.3, 0.4) is 0 Å². The third-order valence-electron chi connectivity index (χ3n) is 2.73. The molecule has 2 aromatic rings. The number of sulfonamides is 1. The predicted molar refractivity (Wildman–Crippen MR) is 69.8 cm³/mol. The summed E-state index contributed by atoms with van der Waals surface area (Å²) in [6, 6.07) is 9.64. The third-order valence-corrected chi connectivity index (χ3v) is 4.28. The van der Waals surface area contributed by atoms with Crippen LogP contribution < -0.4 is 4.72 Å². The molecule has 0 spiro atoms. The maximum absolute atomic E-state index is 12.2. The molecule has 0 aliphatic rings. The van der Waals surface area contributed by atoms with Gasteiger partial charge in [-0.1, -0.05) is 30.3 Å². The van der Waals surface area contributed by atoms with Gasteiger partial charge in [0, 0.05) is 7.05 Å². The highest BCUT2D eigenvalue weighted by molar-refractivity contribution is 7.89. The lowest BCUT2D eigenvalue weighted by Gasteiger charge is -2.16. The summed E-state index contributed by atoms with van der Waals surface area (Å²) in [4.78, 5) is 0. The van der Waals surface area contributed by atoms with Gasteiger partial charge in [-0.15, -0.1) is 0 Å². The summed E-state index contributed by atoms with van der Waals surface area (Å²) in [5.41, 5.74) is 0.704. The average molecular weight is 281 g/mol. The van der Waals surface area contributed by atoms with Crippen LogP contribution in [0.1, 0.15) is 11.6 Å². The number of aromatic nitrogens is 2. The van der Waals surface area contributed by atoms with Gasteiger partial charge < -0.3 is 5.11 Å². The summed E-state index contributed by atoms with van der Waals surface area (Å²) >= 11 is 0. The molecule has 0 saturated heterocycles. The van der Waals surface area contributed by atoms with E-state index >= 15 is 0 Å². The molecule has 102 valence electrons. The number of nitrogens with zero attached hydrogens (tertiary/aromatic N) is 2. The van der Waals surface area contributed by atoms with Crippen molar-refractivity contribution in [3.8, 4) is 0 Å². The second-order valence-corrected chi connectivity index (χ2v) is 5.72. The number of hydrogen-bond acceptors (Lipinski definition) is 4. The molecule has 19 heavy (non-hydrogen) atoms. The monoisotopic (exact) mass is 281 g/mol. The first kappa shape index (κ1) is 13.7. The number of aliphatic hydroxyl groups excluding tert-OH is 1. The van der Waals surface area contributed by atoms with Crippen LogP contribution >= 0.6 is 0 Å². The van der Waals surface area contributed by atoms with Gasteiger partial charge in [0.05, 0.1) is 18.8 Å². The number of benzene rings is 1. The highest BCUT2D eigenvalue weighted by Gasteiger charge is 2.23. The van der Waals surface area contributed by atoms with E-state index in [0.29, 0.717) is 5.56 Å². The minimum atomic E-state index is -3.72. The fourth-order valence-corrected chi connectivity index (χ4v) is 3.11. The van der Waals surface area contributed by atoms with E-state index in [1.54, 1.807) is 31.3 Å². The van der Waals surface area contributed by atoms with Gasteiger partial charge in [0.1, 0.15) is 0 Å². The van der Waals surface area contributed by atoms with Crippen LogP contribution in [0.25, 0.3) is 0 Å². The summed E-state index contributed by atoms with van der Waals surface area (Å²) < 4.78 is 28.1. The number of hydrogen-bond donors (Lipinski definition) is 2. The van der Waals surface area contributed by atoms with Gasteiger partial charge in [-0.2, -0.15) is 9.82 Å². The Morgan fingerprint density at radius 1 is 1.32 bits per heavy atom. The Labute approximate surface area is 111 Å². The lowest BCUT2D eigenvalue weighted by Crippen LogP contribution is -2.32. The molecule has 1 aromatic carbocycles. The van der Waals surface area contributed by atoms with E-state index in [9.17, 15) is 13.5 Å². The van der Waals surface area contributed by atoms with E-state index in [-0.39, 0.29) is 11.6 Å². The van der Waals surface area contributed by atoms with Gasteiger partial charge in [0.25, 0.3) is 10.0 Å². The number of rotatable bonds is 5. The fourth-order valence-electron chi connectivity index (χ4n) is 1.77. The molecule has 0 aliphatic heterocycles. The summed E-state index contributed by atoms with van der Waals surface area (Å²) in [6.07, 6.45) is 1.41. The van der Waals surface area contributed by atoms with E-state index < -0.39 is 16.1 Å². The topological polar surface area (TPSA) is 84.2 Å². The van der Waals surface area contributed by atoms with E-state index in [0.717, 1.165) is 0 Å². The predicted octanol–water partition coefficient (Wildman–Crippen LogP) is 0.432. The largest absolute Gasteiger partial charge is 0.394 e. The van der Waals surface area contributed by atoms with Crippen molar-refractivity contribution in [1.82, 2.24) is 14.5 Å². The second kappa shape index (κ2) is 5.52. The minimum Gasteiger partial charge on any atom is -0.394 e. The highest BCUT2D eigenvalue weighted by Crippen LogP contribution is 2.16. The zero-order valence-electron chi connectivity index (χ0n) is 10.4. The molecule has 1 aromatic heterocycles. The van der Waals surface area contributed by atoms with Crippen molar-refractivity contribution < 1.29 is 13.5 Å². The molecular formula is C12H15N3O3S. The minimum absolute atomic E-state index is 0.0573. The van der Waals surface area contributed by atoms with Gasteiger partial charge in [-0.3, -0.25) is 4.68 Å². The first-order chi connectivity index (χ1) is 9.04. The zero-order valence-corrected chi connectivity index (χ0v) is 11.2. The molecule has 2 N–H and O–H groups in total. The zero-order chi connectivity index (χ0) is 13.9. The molecule has 0 unspecified atom stereocenters. The van der Waals surface area contributed by atoms with Crippen LogP contribution in [0.4, 0.5) is 0 Å². The van der Waals surface area contributed by atoms with Crippen molar-refractivity contribution in [2.24, 2.45) is 7.05 Å². The van der Waals surface area contributed by atoms with Gasteiger partial charge in [-0.25, -0.2) is 8.42 Å². The van der Waals surface area contributed by atoms with Gasteiger partial charge in [0.15, 0.2) is 5.03 Å². The SMILES string of the molecule is Cn1nccc1S(=O)(=O)N[C@H](CO)c1ccccc1. The molecule has 0 amide bonds. The van der Waals surface area contributed by atoms with Crippen LogP contribution in [-0.4, -0.2) is 29.9 Å². The van der Waals surface area contributed by atoms with Crippen LogP contribution in [0.2, 0.25) is 0 Å². The molecule has 0 fully saturated rings. The molecule has 0 radical (unpaired) electrons. The van der Waals surface area contributed by atoms with Crippen molar-refractivity contribution in [3.63, 3.8) is 0 Å². The van der Waals surface area contributed by atoms with Crippen molar-refractivity contribution in [3.05, 3.63) is 48.2 Å². The summed E-state index contributed by atoms with van der Waals surface area (Å²) in [5, 5.41) is 13.2. The van der Waals surface area contributed by atoms with Crippen LogP contribution in [-0.2, 0) is 17.1 Å². The van der Waals surface area contributed by atoms with E-state index in [1.807, 2.05) is 6.07 Å². The molecule has 0 bridgehead atoms. The van der Waals surface area contributed by atoms with Gasteiger partial charge >= 0.3 is 0 Å². The summed E-state index contributed by atoms with van der Waals surface area (Å²) in [7, 11) is -2.17. The van der Waals surface area contributed by atoms with Crippen molar-refractivity contribution in [2.75, 3.05) is 6.61 Å². The normalized spacial score (nSPS) is 13.4. The second-order valence-electron chi connectivity index (χ2n) is 4.06. The summed E-state index contributed by atoms with van der Waals surface area (Å²) in [5.74, 6) is 0. The van der Waals surface area contributed by atoms with Crippen molar-refractivity contribution >= 4 is 10.0 Å². The molecule has 1 heterocycles. The van der Waals surface area contributed by atoms with Gasteiger partial charge in [0.2, 0.25) is 0 Å². The quantitative estimate of drug-likeness (QED) is 0.832. The molecule has 7 heteroatoms. The molecular weight excluding hydrogens is 266 g/mol. The maximum Gasteiger partial charge on any atom is 0.258 e. The van der Waals surface area contributed by atoms with Crippen LogP contribution in [0.15, 0.2) is 47.6 Å². The third kappa shape index (κ3) is 3.01. The maximum atomic E-state index is 12.2. The van der Waals surface area contributed by atoms with Crippen LogP contribution in [0.5, 0.6) is 0 Å². The molecule has 0 aliphatic carbocycles. The Hall–Kier alpha value is -1.70. The van der Waals surface area contributed by atoms with Gasteiger partial charge in [-0.05, 0) is 11.6 Å². The number of nitrogens with one attached hydrogen (secondary N) is 1. The Bertz CT molecular complexity index is 637. The Balaban J connectivity index is 2.27. The Morgan fingerprint density at radius 3 is 2.53 bits per heavy atom. The lowest BCUT2D eigenvalue weighted by molar-refractivity contribution is 0.258. The first-order valence-corrected chi connectivity index (χ1v) is 7.19. The smallest absolute Gasteiger partial charge is 0.258 e. The molecule has 2 rings (SSSR count). The highest BCUT2D eigenvalue weighted by atomic mass is 32.2. The molecule has 0 saturated carbocycles. The summed E-state index contributed by atoms with van der Waals surface area (Å²) in [6.45, 7) is -0.318. The van der Waals surface area contributed by atoms with Crippen LogP contribution in [0, 0.1) is 0 Å². The standard InChI is InChI=1S/C12H15N3O3S/c1-15-12(7-8-13-15)19(17,18)14-11(9-16)10-5-3-2-4-6-10/h2-8,11,14,16H,9H2,1H3/t11-/m1/s1. The number of aliphatic hydroxyl groups is 1.